The topological polar surface area (TPSA) is 41.9 Å². The van der Waals surface area contributed by atoms with Gasteiger partial charge in [-0.15, -0.1) is 0 Å². The van der Waals surface area contributed by atoms with Gasteiger partial charge in [-0.2, -0.15) is 0 Å². The van der Waals surface area contributed by atoms with Gasteiger partial charge in [0.25, 0.3) is 5.91 Å². The summed E-state index contributed by atoms with van der Waals surface area (Å²) in [7, 11) is 0. The van der Waals surface area contributed by atoms with Gasteiger partial charge < -0.3 is 9.74 Å². The van der Waals surface area contributed by atoms with Crippen LogP contribution in [0.15, 0.2) is 29.4 Å². The minimum atomic E-state index is -0.328. The Labute approximate surface area is 117 Å². The molecular formula is C15H17FN2O2. The molecule has 1 spiro atoms. The van der Waals surface area contributed by atoms with Crippen LogP contribution in [0.25, 0.3) is 0 Å². The summed E-state index contributed by atoms with van der Waals surface area (Å²) >= 11 is 0. The monoisotopic (exact) mass is 276 g/mol. The Morgan fingerprint density at radius 2 is 1.95 bits per heavy atom. The number of halogens is 1. The largest absolute Gasteiger partial charge is 0.389 e. The molecule has 0 saturated carbocycles. The zero-order valence-electron chi connectivity index (χ0n) is 11.4. The van der Waals surface area contributed by atoms with E-state index in [2.05, 4.69) is 5.16 Å². The number of likely N-dealkylation sites (tertiary alicyclic amines) is 1. The molecule has 1 saturated heterocycles. The normalized spacial score (nSPS) is 20.7. The van der Waals surface area contributed by atoms with E-state index in [0.717, 1.165) is 25.0 Å². The second-order valence-electron chi connectivity index (χ2n) is 5.58. The van der Waals surface area contributed by atoms with Crippen LogP contribution in [0, 0.1) is 5.82 Å². The average molecular weight is 276 g/mol. The van der Waals surface area contributed by atoms with E-state index in [1.54, 1.807) is 4.90 Å². The molecule has 2 aliphatic heterocycles. The number of nitrogens with zero attached hydrogens (tertiary/aromatic N) is 2. The molecule has 0 aromatic heterocycles. The van der Waals surface area contributed by atoms with E-state index in [1.807, 2.05) is 6.92 Å². The Bertz CT molecular complexity index is 545. The van der Waals surface area contributed by atoms with Gasteiger partial charge in [0.15, 0.2) is 0 Å². The zero-order valence-corrected chi connectivity index (χ0v) is 11.4. The predicted molar refractivity (Wildman–Crippen MR) is 73.1 cm³/mol. The summed E-state index contributed by atoms with van der Waals surface area (Å²) in [6, 6.07) is 5.69. The van der Waals surface area contributed by atoms with Gasteiger partial charge in [0, 0.05) is 37.9 Å². The molecule has 0 aliphatic carbocycles. The number of carbonyl (C=O) groups is 1. The number of oxime groups is 1. The lowest BCUT2D eigenvalue weighted by atomic mass is 9.87. The van der Waals surface area contributed by atoms with Gasteiger partial charge in [0.1, 0.15) is 11.4 Å². The van der Waals surface area contributed by atoms with E-state index in [0.29, 0.717) is 18.7 Å². The Kier molecular flexibility index (Phi) is 3.20. The van der Waals surface area contributed by atoms with E-state index in [-0.39, 0.29) is 17.3 Å². The van der Waals surface area contributed by atoms with Gasteiger partial charge in [-0.1, -0.05) is 5.16 Å². The molecule has 2 aliphatic rings. The Balaban J connectivity index is 1.63. The number of benzene rings is 1. The number of piperidine rings is 1. The summed E-state index contributed by atoms with van der Waals surface area (Å²) in [6.07, 6.45) is 2.44. The van der Waals surface area contributed by atoms with Crippen molar-refractivity contribution in [3.63, 3.8) is 0 Å². The van der Waals surface area contributed by atoms with Crippen molar-refractivity contribution in [3.05, 3.63) is 35.6 Å². The maximum atomic E-state index is 12.9. The van der Waals surface area contributed by atoms with Crippen molar-refractivity contribution in [2.75, 3.05) is 13.1 Å². The third-order valence-electron chi connectivity index (χ3n) is 4.03. The van der Waals surface area contributed by atoms with Crippen LogP contribution >= 0.6 is 0 Å². The van der Waals surface area contributed by atoms with E-state index in [1.165, 1.54) is 24.3 Å². The lowest BCUT2D eigenvalue weighted by Crippen LogP contribution is -2.46. The van der Waals surface area contributed by atoms with Gasteiger partial charge in [0.05, 0.1) is 5.71 Å². The van der Waals surface area contributed by atoms with Gasteiger partial charge in [-0.25, -0.2) is 4.39 Å². The molecule has 1 aromatic rings. The van der Waals surface area contributed by atoms with Gasteiger partial charge in [0.2, 0.25) is 0 Å². The minimum Gasteiger partial charge on any atom is -0.389 e. The molecule has 5 heteroatoms. The number of hydrogen-bond acceptors (Lipinski definition) is 3. The quantitative estimate of drug-likeness (QED) is 0.791. The van der Waals surface area contributed by atoms with Crippen molar-refractivity contribution in [3.8, 4) is 0 Å². The molecule has 4 nitrogen and oxygen atoms in total. The van der Waals surface area contributed by atoms with Gasteiger partial charge >= 0.3 is 0 Å². The first-order valence-electron chi connectivity index (χ1n) is 6.85. The minimum absolute atomic E-state index is 0.0458. The summed E-state index contributed by atoms with van der Waals surface area (Å²) in [5.41, 5.74) is 1.34. The van der Waals surface area contributed by atoms with Gasteiger partial charge in [-0.3, -0.25) is 4.79 Å². The fourth-order valence-corrected chi connectivity index (χ4v) is 2.87. The maximum absolute atomic E-state index is 12.9. The standard InChI is InChI=1S/C15H17FN2O2/c1-11-10-15(20-17-11)6-8-18(9-7-15)14(19)12-2-4-13(16)5-3-12/h2-5H,6-10H2,1H3. The highest BCUT2D eigenvalue weighted by atomic mass is 19.1. The molecule has 0 N–H and O–H groups in total. The maximum Gasteiger partial charge on any atom is 0.253 e. The number of rotatable bonds is 1. The van der Waals surface area contributed by atoms with Crippen molar-refractivity contribution < 1.29 is 14.0 Å². The van der Waals surface area contributed by atoms with Crippen molar-refractivity contribution in [2.45, 2.75) is 31.8 Å². The first-order chi connectivity index (χ1) is 9.58. The molecule has 0 atom stereocenters. The number of carbonyl (C=O) groups excluding carboxylic acids is 1. The van der Waals surface area contributed by atoms with Crippen LogP contribution in [-0.2, 0) is 4.84 Å². The van der Waals surface area contributed by atoms with Crippen LogP contribution in [0.5, 0.6) is 0 Å². The lowest BCUT2D eigenvalue weighted by molar-refractivity contribution is -0.0568. The van der Waals surface area contributed by atoms with E-state index < -0.39 is 0 Å². The highest BCUT2D eigenvalue weighted by Crippen LogP contribution is 2.34. The van der Waals surface area contributed by atoms with Crippen LogP contribution in [0.4, 0.5) is 4.39 Å². The third kappa shape index (κ3) is 2.40. The first-order valence-corrected chi connectivity index (χ1v) is 6.85. The number of hydrogen-bond donors (Lipinski definition) is 0. The average Bonchev–Trinajstić information content (AvgIpc) is 2.81. The van der Waals surface area contributed by atoms with Crippen LogP contribution in [-0.4, -0.2) is 35.2 Å². The predicted octanol–water partition coefficient (Wildman–Crippen LogP) is 2.60. The molecular weight excluding hydrogens is 259 g/mol. The molecule has 0 unspecified atom stereocenters. The van der Waals surface area contributed by atoms with Crippen LogP contribution < -0.4 is 0 Å². The highest BCUT2D eigenvalue weighted by molar-refractivity contribution is 5.94. The smallest absolute Gasteiger partial charge is 0.253 e. The second kappa shape index (κ2) is 4.89. The molecule has 1 fully saturated rings. The Hall–Kier alpha value is -1.91. The molecule has 1 aromatic carbocycles. The number of amides is 1. The molecule has 3 rings (SSSR count). The van der Waals surface area contributed by atoms with Crippen LogP contribution in [0.2, 0.25) is 0 Å². The lowest BCUT2D eigenvalue weighted by Gasteiger charge is -2.37. The van der Waals surface area contributed by atoms with Crippen molar-refractivity contribution in [2.24, 2.45) is 5.16 Å². The van der Waals surface area contributed by atoms with Crippen molar-refractivity contribution in [1.29, 1.82) is 0 Å². The van der Waals surface area contributed by atoms with Gasteiger partial charge in [-0.05, 0) is 31.2 Å². The Morgan fingerprint density at radius 1 is 1.30 bits per heavy atom. The molecule has 2 heterocycles. The van der Waals surface area contributed by atoms with E-state index >= 15 is 0 Å². The molecule has 1 amide bonds. The van der Waals surface area contributed by atoms with E-state index in [9.17, 15) is 9.18 Å². The third-order valence-corrected chi connectivity index (χ3v) is 4.03. The van der Waals surface area contributed by atoms with Crippen LogP contribution in [0.1, 0.15) is 36.5 Å². The molecule has 106 valence electrons. The zero-order chi connectivity index (χ0) is 14.2. The first kappa shape index (κ1) is 13.1. The van der Waals surface area contributed by atoms with Crippen molar-refractivity contribution in [1.82, 2.24) is 4.90 Å². The molecule has 20 heavy (non-hydrogen) atoms. The molecule has 0 bridgehead atoms. The SMILES string of the molecule is CC1=NOC2(CCN(C(=O)c3ccc(F)cc3)CC2)C1. The fourth-order valence-electron chi connectivity index (χ4n) is 2.87. The van der Waals surface area contributed by atoms with E-state index in [4.69, 9.17) is 4.84 Å². The van der Waals surface area contributed by atoms with Crippen molar-refractivity contribution >= 4 is 11.6 Å². The van der Waals surface area contributed by atoms with Crippen LogP contribution in [0.3, 0.4) is 0 Å². The molecule has 0 radical (unpaired) electrons. The Morgan fingerprint density at radius 3 is 2.50 bits per heavy atom. The summed E-state index contributed by atoms with van der Waals surface area (Å²) in [5.74, 6) is -0.374. The second-order valence-corrected chi connectivity index (χ2v) is 5.58. The summed E-state index contributed by atoms with van der Waals surface area (Å²) in [6.45, 7) is 3.27. The fraction of sp³-hybridized carbons (Fsp3) is 0.467. The summed E-state index contributed by atoms with van der Waals surface area (Å²) in [4.78, 5) is 19.7. The summed E-state index contributed by atoms with van der Waals surface area (Å²) < 4.78 is 12.9. The summed E-state index contributed by atoms with van der Waals surface area (Å²) in [5, 5.41) is 4.02. The highest BCUT2D eigenvalue weighted by Gasteiger charge is 2.41.